The number of piperidine rings is 1. The molecular weight excluding hydrogens is 342 g/mol. The molecule has 0 spiro atoms. The quantitative estimate of drug-likeness (QED) is 0.873. The number of ether oxygens (including phenoxy) is 1. The number of nitrogens with two attached hydrogens (primary N) is 1. The minimum atomic E-state index is -0.0540. The highest BCUT2D eigenvalue weighted by Gasteiger charge is 2.28. The molecule has 7 heteroatoms. The monoisotopic (exact) mass is 371 g/mol. The van der Waals surface area contributed by atoms with Gasteiger partial charge in [-0.25, -0.2) is 4.68 Å². The van der Waals surface area contributed by atoms with E-state index in [-0.39, 0.29) is 18.1 Å². The molecule has 2 heterocycles. The van der Waals surface area contributed by atoms with E-state index in [4.69, 9.17) is 10.5 Å². The van der Waals surface area contributed by atoms with Crippen LogP contribution >= 0.6 is 0 Å². The van der Waals surface area contributed by atoms with Crippen LogP contribution in [-0.2, 0) is 0 Å². The molecule has 0 radical (unpaired) electrons. The molecule has 2 N–H and O–H groups in total. The third kappa shape index (κ3) is 4.30. The van der Waals surface area contributed by atoms with Crippen molar-refractivity contribution in [1.82, 2.24) is 19.9 Å². The SMILES string of the molecule is Cc1c(C(=O)N2CCC(C(C)N)CC2)nnn1-c1ccc(OC(C)C)cc1. The van der Waals surface area contributed by atoms with Crippen LogP contribution in [0.4, 0.5) is 0 Å². The summed E-state index contributed by atoms with van der Waals surface area (Å²) in [6, 6.07) is 7.81. The second kappa shape index (κ2) is 8.08. The van der Waals surface area contributed by atoms with Crippen LogP contribution in [0.1, 0.15) is 49.8 Å². The van der Waals surface area contributed by atoms with Gasteiger partial charge in [0, 0.05) is 19.1 Å². The fraction of sp³-hybridized carbons (Fsp3) is 0.550. The lowest BCUT2D eigenvalue weighted by Gasteiger charge is -2.33. The van der Waals surface area contributed by atoms with Gasteiger partial charge in [0.1, 0.15) is 5.75 Å². The second-order valence-corrected chi connectivity index (χ2v) is 7.58. The molecule has 0 aliphatic carbocycles. The Balaban J connectivity index is 1.72. The molecular formula is C20H29N5O2. The number of benzene rings is 1. The number of hydrogen-bond donors (Lipinski definition) is 1. The average Bonchev–Trinajstić information content (AvgIpc) is 3.03. The molecule has 1 saturated heterocycles. The van der Waals surface area contributed by atoms with E-state index < -0.39 is 0 Å². The van der Waals surface area contributed by atoms with Crippen LogP contribution < -0.4 is 10.5 Å². The molecule has 1 aromatic carbocycles. The molecule has 1 atom stereocenters. The number of hydrogen-bond acceptors (Lipinski definition) is 5. The molecule has 1 aromatic heterocycles. The molecule has 3 rings (SSSR count). The van der Waals surface area contributed by atoms with E-state index in [9.17, 15) is 4.79 Å². The third-order valence-electron chi connectivity index (χ3n) is 5.12. The summed E-state index contributed by atoms with van der Waals surface area (Å²) < 4.78 is 7.36. The maximum Gasteiger partial charge on any atom is 0.276 e. The topological polar surface area (TPSA) is 86.3 Å². The Morgan fingerprint density at radius 3 is 2.37 bits per heavy atom. The Kier molecular flexibility index (Phi) is 5.79. The van der Waals surface area contributed by atoms with Crippen molar-refractivity contribution in [2.24, 2.45) is 11.7 Å². The average molecular weight is 371 g/mol. The van der Waals surface area contributed by atoms with Crippen LogP contribution in [0.25, 0.3) is 5.69 Å². The summed E-state index contributed by atoms with van der Waals surface area (Å²) >= 11 is 0. The van der Waals surface area contributed by atoms with Crippen LogP contribution in [0.2, 0.25) is 0 Å². The molecule has 1 aliphatic heterocycles. The molecule has 0 saturated carbocycles. The number of aromatic nitrogens is 3. The van der Waals surface area contributed by atoms with E-state index in [1.807, 2.05) is 56.9 Å². The first kappa shape index (κ1) is 19.4. The maximum atomic E-state index is 12.9. The van der Waals surface area contributed by atoms with Gasteiger partial charge in [-0.05, 0) is 70.7 Å². The van der Waals surface area contributed by atoms with E-state index in [2.05, 4.69) is 10.3 Å². The second-order valence-electron chi connectivity index (χ2n) is 7.58. The standard InChI is InChI=1S/C20H29N5O2/c1-13(2)27-18-7-5-17(6-8-18)25-15(4)19(22-23-25)20(26)24-11-9-16(10-12-24)14(3)21/h5-8,13-14,16H,9-12,21H2,1-4H3. The van der Waals surface area contributed by atoms with Gasteiger partial charge in [-0.3, -0.25) is 4.79 Å². The van der Waals surface area contributed by atoms with Gasteiger partial charge in [0.15, 0.2) is 5.69 Å². The van der Waals surface area contributed by atoms with E-state index in [1.54, 1.807) is 4.68 Å². The van der Waals surface area contributed by atoms with Crippen molar-refractivity contribution >= 4 is 5.91 Å². The van der Waals surface area contributed by atoms with Gasteiger partial charge in [0.25, 0.3) is 5.91 Å². The first-order valence-corrected chi connectivity index (χ1v) is 9.61. The lowest BCUT2D eigenvalue weighted by molar-refractivity contribution is 0.0674. The molecule has 1 amide bonds. The number of nitrogens with zero attached hydrogens (tertiary/aromatic N) is 4. The number of likely N-dealkylation sites (tertiary alicyclic amines) is 1. The summed E-state index contributed by atoms with van der Waals surface area (Å²) in [5.74, 6) is 1.24. The van der Waals surface area contributed by atoms with Crippen LogP contribution in [0, 0.1) is 12.8 Å². The zero-order valence-electron chi connectivity index (χ0n) is 16.6. The Morgan fingerprint density at radius 1 is 1.19 bits per heavy atom. The molecule has 7 nitrogen and oxygen atoms in total. The molecule has 0 bridgehead atoms. The van der Waals surface area contributed by atoms with Crippen molar-refractivity contribution in [3.05, 3.63) is 35.7 Å². The van der Waals surface area contributed by atoms with Crippen LogP contribution in [0.5, 0.6) is 5.75 Å². The van der Waals surface area contributed by atoms with Crippen LogP contribution in [0.3, 0.4) is 0 Å². The minimum absolute atomic E-state index is 0.0540. The van der Waals surface area contributed by atoms with E-state index in [0.29, 0.717) is 11.6 Å². The van der Waals surface area contributed by atoms with Gasteiger partial charge in [0.05, 0.1) is 17.5 Å². The van der Waals surface area contributed by atoms with E-state index >= 15 is 0 Å². The van der Waals surface area contributed by atoms with Crippen molar-refractivity contribution in [1.29, 1.82) is 0 Å². The van der Waals surface area contributed by atoms with Crippen LogP contribution in [0.15, 0.2) is 24.3 Å². The van der Waals surface area contributed by atoms with Crippen molar-refractivity contribution in [2.75, 3.05) is 13.1 Å². The molecule has 1 fully saturated rings. The fourth-order valence-electron chi connectivity index (χ4n) is 3.49. The zero-order chi connectivity index (χ0) is 19.6. The lowest BCUT2D eigenvalue weighted by atomic mass is 9.91. The predicted molar refractivity (Wildman–Crippen MR) is 104 cm³/mol. The highest BCUT2D eigenvalue weighted by atomic mass is 16.5. The molecule has 1 aliphatic rings. The van der Waals surface area contributed by atoms with Gasteiger partial charge in [0.2, 0.25) is 0 Å². The molecule has 1 unspecified atom stereocenters. The van der Waals surface area contributed by atoms with E-state index in [1.165, 1.54) is 0 Å². The first-order chi connectivity index (χ1) is 12.9. The molecule has 2 aromatic rings. The number of carbonyl (C=O) groups excluding carboxylic acids is 1. The highest BCUT2D eigenvalue weighted by molar-refractivity contribution is 5.93. The summed E-state index contributed by atoms with van der Waals surface area (Å²) in [7, 11) is 0. The Morgan fingerprint density at radius 2 is 1.81 bits per heavy atom. The predicted octanol–water partition coefficient (Wildman–Crippen LogP) is 2.56. The summed E-state index contributed by atoms with van der Waals surface area (Å²) in [5, 5.41) is 8.35. The largest absolute Gasteiger partial charge is 0.491 e. The van der Waals surface area contributed by atoms with Gasteiger partial charge in [-0.15, -0.1) is 5.10 Å². The Hall–Kier alpha value is -2.41. The van der Waals surface area contributed by atoms with E-state index in [0.717, 1.165) is 43.1 Å². The zero-order valence-corrected chi connectivity index (χ0v) is 16.6. The third-order valence-corrected chi connectivity index (χ3v) is 5.12. The number of rotatable bonds is 5. The Bertz CT molecular complexity index is 774. The fourth-order valence-corrected chi connectivity index (χ4v) is 3.49. The minimum Gasteiger partial charge on any atom is -0.491 e. The molecule has 27 heavy (non-hydrogen) atoms. The van der Waals surface area contributed by atoms with Gasteiger partial charge >= 0.3 is 0 Å². The summed E-state index contributed by atoms with van der Waals surface area (Å²) in [6.07, 6.45) is 2.00. The smallest absolute Gasteiger partial charge is 0.276 e. The molecule has 146 valence electrons. The lowest BCUT2D eigenvalue weighted by Crippen LogP contribution is -2.42. The summed E-state index contributed by atoms with van der Waals surface area (Å²) in [6.45, 7) is 9.34. The normalized spacial score (nSPS) is 16.6. The van der Waals surface area contributed by atoms with Crippen molar-refractivity contribution in [3.63, 3.8) is 0 Å². The first-order valence-electron chi connectivity index (χ1n) is 9.61. The number of amides is 1. The maximum absolute atomic E-state index is 12.9. The highest BCUT2D eigenvalue weighted by Crippen LogP contribution is 2.22. The summed E-state index contributed by atoms with van der Waals surface area (Å²) in [4.78, 5) is 14.7. The van der Waals surface area contributed by atoms with Gasteiger partial charge in [-0.2, -0.15) is 0 Å². The number of carbonyl (C=O) groups is 1. The van der Waals surface area contributed by atoms with Gasteiger partial charge in [-0.1, -0.05) is 5.21 Å². The van der Waals surface area contributed by atoms with Crippen LogP contribution in [-0.4, -0.2) is 51.0 Å². The summed E-state index contributed by atoms with van der Waals surface area (Å²) in [5.41, 5.74) is 8.00. The van der Waals surface area contributed by atoms with Crippen molar-refractivity contribution in [3.8, 4) is 11.4 Å². The Labute approximate surface area is 160 Å². The van der Waals surface area contributed by atoms with Crippen molar-refractivity contribution < 1.29 is 9.53 Å². The van der Waals surface area contributed by atoms with Gasteiger partial charge < -0.3 is 15.4 Å². The van der Waals surface area contributed by atoms with Crippen molar-refractivity contribution in [2.45, 2.75) is 52.7 Å².